The molecule has 1 saturated heterocycles. The Balaban J connectivity index is 2.38. The number of piperidine rings is 1. The Morgan fingerprint density at radius 1 is 1.33 bits per heavy atom. The van der Waals surface area contributed by atoms with Gasteiger partial charge in [-0.1, -0.05) is 12.2 Å². The van der Waals surface area contributed by atoms with E-state index in [-0.39, 0.29) is 17.2 Å². The molecule has 1 aromatic carbocycles. The number of benzene rings is 1. The molecule has 2 nitrogen and oxygen atoms in total. The first-order chi connectivity index (χ1) is 8.24. The Kier molecular flexibility index (Phi) is 3.05. The summed E-state index contributed by atoms with van der Waals surface area (Å²) in [6.07, 6.45) is 0.726. The molecule has 1 fully saturated rings. The topological polar surface area (TPSA) is 38.0 Å². The van der Waals surface area contributed by atoms with Gasteiger partial charge in [0.2, 0.25) is 0 Å². The number of halogens is 2. The Bertz CT molecular complexity index is 502. The van der Waals surface area contributed by atoms with E-state index >= 15 is 0 Å². The van der Waals surface area contributed by atoms with Gasteiger partial charge in [-0.2, -0.15) is 0 Å². The number of rotatable bonds is 1. The lowest BCUT2D eigenvalue weighted by molar-refractivity contribution is 0.192. The molecule has 0 unspecified atom stereocenters. The van der Waals surface area contributed by atoms with Crippen molar-refractivity contribution in [1.29, 1.82) is 0 Å². The zero-order valence-electron chi connectivity index (χ0n) is 10.4. The molecular formula is C13H16F2N2S. The first-order valence-electron chi connectivity index (χ1n) is 5.82. The van der Waals surface area contributed by atoms with E-state index in [1.165, 1.54) is 19.1 Å². The fourth-order valence-corrected chi connectivity index (χ4v) is 2.54. The van der Waals surface area contributed by atoms with Gasteiger partial charge in [0.15, 0.2) is 5.67 Å². The first-order valence-corrected chi connectivity index (χ1v) is 6.22. The monoisotopic (exact) mass is 270 g/mol. The second kappa shape index (κ2) is 4.16. The van der Waals surface area contributed by atoms with Gasteiger partial charge < -0.3 is 11.1 Å². The third-order valence-electron chi connectivity index (χ3n) is 3.54. The van der Waals surface area contributed by atoms with Gasteiger partial charge in [0.1, 0.15) is 10.8 Å². The molecule has 0 radical (unpaired) electrons. The molecule has 0 saturated carbocycles. The SMILES string of the molecule is C[C@@]1(F)CC[C@@](C)(c2cc(N)ccc2F)NC1=S. The molecule has 5 heteroatoms. The number of hydrogen-bond acceptors (Lipinski definition) is 2. The fraction of sp³-hybridized carbons (Fsp3) is 0.462. The number of anilines is 1. The summed E-state index contributed by atoms with van der Waals surface area (Å²) in [5.41, 5.74) is 4.36. The molecule has 1 aromatic rings. The van der Waals surface area contributed by atoms with E-state index in [0.717, 1.165) is 0 Å². The van der Waals surface area contributed by atoms with Crippen LogP contribution in [0.5, 0.6) is 0 Å². The summed E-state index contributed by atoms with van der Waals surface area (Å²) in [6, 6.07) is 4.40. The van der Waals surface area contributed by atoms with Crippen molar-refractivity contribution in [2.24, 2.45) is 0 Å². The van der Waals surface area contributed by atoms with Crippen molar-refractivity contribution >= 4 is 22.9 Å². The van der Waals surface area contributed by atoms with E-state index in [9.17, 15) is 8.78 Å². The summed E-state index contributed by atoms with van der Waals surface area (Å²) in [5, 5.41) is 2.93. The van der Waals surface area contributed by atoms with Crippen molar-refractivity contribution in [3.05, 3.63) is 29.6 Å². The van der Waals surface area contributed by atoms with Crippen LogP contribution in [0.15, 0.2) is 18.2 Å². The molecule has 0 aromatic heterocycles. The van der Waals surface area contributed by atoms with Crippen molar-refractivity contribution < 1.29 is 8.78 Å². The Hall–Kier alpha value is -1.23. The number of hydrogen-bond donors (Lipinski definition) is 2. The van der Waals surface area contributed by atoms with Crippen molar-refractivity contribution in [1.82, 2.24) is 5.32 Å². The van der Waals surface area contributed by atoms with Gasteiger partial charge in [0, 0.05) is 11.3 Å². The molecule has 1 heterocycles. The van der Waals surface area contributed by atoms with E-state index in [1.54, 1.807) is 6.07 Å². The van der Waals surface area contributed by atoms with Gasteiger partial charge in [-0.25, -0.2) is 8.78 Å². The summed E-state index contributed by atoms with van der Waals surface area (Å²) in [5.74, 6) is -0.357. The van der Waals surface area contributed by atoms with Gasteiger partial charge in [-0.05, 0) is 44.9 Å². The lowest BCUT2D eigenvalue weighted by Crippen LogP contribution is -2.55. The van der Waals surface area contributed by atoms with Gasteiger partial charge in [-0.15, -0.1) is 0 Å². The van der Waals surface area contributed by atoms with Crippen LogP contribution in [0.3, 0.4) is 0 Å². The highest BCUT2D eigenvalue weighted by Crippen LogP contribution is 2.37. The van der Waals surface area contributed by atoms with Crippen LogP contribution in [0.1, 0.15) is 32.3 Å². The summed E-state index contributed by atoms with van der Waals surface area (Å²) in [7, 11) is 0. The van der Waals surface area contributed by atoms with Gasteiger partial charge in [-0.3, -0.25) is 0 Å². The third-order valence-corrected chi connectivity index (χ3v) is 4.07. The molecule has 2 atom stereocenters. The molecule has 2 rings (SSSR count). The van der Waals surface area contributed by atoms with Crippen molar-refractivity contribution in [2.75, 3.05) is 5.73 Å². The predicted molar refractivity (Wildman–Crippen MR) is 72.6 cm³/mol. The molecule has 3 N–H and O–H groups in total. The standard InChI is InChI=1S/C13H16F2N2S/c1-12(15)5-6-13(2,17-11(12)18)9-7-8(16)3-4-10(9)14/h3-4,7H,5-6,16H2,1-2H3,(H,17,18)/t12-,13+/m1/s1. The van der Waals surface area contributed by atoms with Crippen LogP contribution in [0.4, 0.5) is 14.5 Å². The van der Waals surface area contributed by atoms with Crippen LogP contribution in [0.25, 0.3) is 0 Å². The van der Waals surface area contributed by atoms with E-state index in [4.69, 9.17) is 18.0 Å². The van der Waals surface area contributed by atoms with E-state index in [1.807, 2.05) is 6.92 Å². The molecule has 0 spiro atoms. The quantitative estimate of drug-likeness (QED) is 0.608. The van der Waals surface area contributed by atoms with Gasteiger partial charge in [0.05, 0.1) is 5.54 Å². The molecular weight excluding hydrogens is 254 g/mol. The summed E-state index contributed by atoms with van der Waals surface area (Å²) < 4.78 is 27.9. The highest BCUT2D eigenvalue weighted by Gasteiger charge is 2.43. The summed E-state index contributed by atoms with van der Waals surface area (Å²) in [6.45, 7) is 3.25. The van der Waals surface area contributed by atoms with Gasteiger partial charge in [0.25, 0.3) is 0 Å². The average Bonchev–Trinajstić information content (AvgIpc) is 2.28. The van der Waals surface area contributed by atoms with Crippen molar-refractivity contribution in [2.45, 2.75) is 37.9 Å². The molecule has 1 aliphatic rings. The smallest absolute Gasteiger partial charge is 0.157 e. The predicted octanol–water partition coefficient (Wildman–Crippen LogP) is 3.06. The van der Waals surface area contributed by atoms with E-state index in [2.05, 4.69) is 5.32 Å². The maximum absolute atomic E-state index is 14.0. The van der Waals surface area contributed by atoms with Gasteiger partial charge >= 0.3 is 0 Å². The minimum absolute atomic E-state index is 0.123. The molecule has 0 bridgehead atoms. The lowest BCUT2D eigenvalue weighted by atomic mass is 9.79. The van der Waals surface area contributed by atoms with Crippen LogP contribution < -0.4 is 11.1 Å². The second-order valence-electron chi connectivity index (χ2n) is 5.22. The van der Waals surface area contributed by atoms with Crippen molar-refractivity contribution in [3.63, 3.8) is 0 Å². The highest BCUT2D eigenvalue weighted by atomic mass is 32.1. The second-order valence-corrected chi connectivity index (χ2v) is 5.63. The molecule has 1 aliphatic heterocycles. The van der Waals surface area contributed by atoms with Crippen LogP contribution >= 0.6 is 12.2 Å². The first kappa shape index (κ1) is 13.2. The highest BCUT2D eigenvalue weighted by molar-refractivity contribution is 7.80. The number of thiocarbonyl (C=S) groups is 1. The van der Waals surface area contributed by atoms with Crippen molar-refractivity contribution in [3.8, 4) is 0 Å². The fourth-order valence-electron chi connectivity index (χ4n) is 2.21. The van der Waals surface area contributed by atoms with Crippen LogP contribution in [0, 0.1) is 5.82 Å². The Labute approximate surface area is 111 Å². The van der Waals surface area contributed by atoms with Crippen LogP contribution in [0.2, 0.25) is 0 Å². The zero-order valence-corrected chi connectivity index (χ0v) is 11.2. The maximum atomic E-state index is 14.0. The Morgan fingerprint density at radius 3 is 2.61 bits per heavy atom. The number of nitrogen functional groups attached to an aromatic ring is 1. The van der Waals surface area contributed by atoms with Crippen LogP contribution in [-0.4, -0.2) is 10.7 Å². The summed E-state index contributed by atoms with van der Waals surface area (Å²) >= 11 is 5.03. The number of alkyl halides is 1. The van der Waals surface area contributed by atoms with E-state index < -0.39 is 11.2 Å². The number of nitrogens with two attached hydrogens (primary N) is 1. The maximum Gasteiger partial charge on any atom is 0.157 e. The minimum Gasteiger partial charge on any atom is -0.399 e. The molecule has 0 amide bonds. The molecule has 0 aliphatic carbocycles. The zero-order chi connectivity index (χ0) is 13.6. The lowest BCUT2D eigenvalue weighted by Gasteiger charge is -2.42. The van der Waals surface area contributed by atoms with E-state index in [0.29, 0.717) is 17.7 Å². The van der Waals surface area contributed by atoms with Crippen LogP contribution in [-0.2, 0) is 5.54 Å². The Morgan fingerprint density at radius 2 is 2.00 bits per heavy atom. The molecule has 18 heavy (non-hydrogen) atoms. The molecule has 98 valence electrons. The largest absolute Gasteiger partial charge is 0.399 e. The normalized spacial score (nSPS) is 32.1. The third kappa shape index (κ3) is 2.19. The number of nitrogens with one attached hydrogen (secondary N) is 1. The minimum atomic E-state index is -1.52. The summed E-state index contributed by atoms with van der Waals surface area (Å²) in [4.78, 5) is 0.123. The average molecular weight is 270 g/mol.